The molecule has 0 aliphatic carbocycles. The molecule has 3 heterocycles. The molecule has 0 bridgehead atoms. The number of fused-ring (bicyclic) bond motifs is 4. The quantitative estimate of drug-likeness (QED) is 0.294. The number of rotatable bonds is 2. The number of ether oxygens (including phenoxy) is 1. The Hall–Kier alpha value is -3.32. The van der Waals surface area contributed by atoms with Crippen LogP contribution < -0.4 is 9.30 Å². The summed E-state index contributed by atoms with van der Waals surface area (Å²) in [5.41, 5.74) is 3.68. The Balaban J connectivity index is 1.81. The van der Waals surface area contributed by atoms with Crippen molar-refractivity contribution in [1.82, 2.24) is 0 Å². The van der Waals surface area contributed by atoms with Crippen molar-refractivity contribution in [3.05, 3.63) is 65.3 Å². The monoisotopic (exact) mass is 369 g/mol. The number of hydrogen-bond acceptors (Lipinski definition) is 2. The molecule has 4 heteroatoms. The maximum Gasteiger partial charge on any atom is 0.260 e. The molecule has 5 rings (SSSR count). The van der Waals surface area contributed by atoms with E-state index in [1.165, 1.54) is 16.5 Å². The van der Waals surface area contributed by atoms with Crippen LogP contribution in [0.3, 0.4) is 0 Å². The fourth-order valence-electron chi connectivity index (χ4n) is 4.16. The average molecular weight is 369 g/mol. The summed E-state index contributed by atoms with van der Waals surface area (Å²) in [6.45, 7) is 13.4. The highest BCUT2D eigenvalue weighted by molar-refractivity contribution is 6.06. The fraction of sp³-hybridized carbons (Fsp3) is 0.250. The van der Waals surface area contributed by atoms with Crippen molar-refractivity contribution in [2.45, 2.75) is 32.7 Å². The van der Waals surface area contributed by atoms with Gasteiger partial charge in [0.2, 0.25) is 11.3 Å². The third-order valence-corrected chi connectivity index (χ3v) is 5.49. The van der Waals surface area contributed by atoms with E-state index < -0.39 is 5.54 Å². The summed E-state index contributed by atoms with van der Waals surface area (Å²) >= 11 is 0. The van der Waals surface area contributed by atoms with Gasteiger partial charge in [0.1, 0.15) is 18.6 Å². The molecule has 0 amide bonds. The predicted molar refractivity (Wildman–Crippen MR) is 110 cm³/mol. The molecule has 0 atom stereocenters. The van der Waals surface area contributed by atoms with E-state index in [0.717, 1.165) is 39.3 Å². The van der Waals surface area contributed by atoms with Crippen LogP contribution in [0.2, 0.25) is 0 Å². The van der Waals surface area contributed by atoms with Gasteiger partial charge in [-0.05, 0) is 30.0 Å². The van der Waals surface area contributed by atoms with E-state index in [0.29, 0.717) is 6.42 Å². The van der Waals surface area contributed by atoms with Gasteiger partial charge >= 0.3 is 0 Å². The number of aromatic nitrogens is 1. The van der Waals surface area contributed by atoms with Crippen LogP contribution in [0.5, 0.6) is 11.5 Å². The first-order valence-electron chi connectivity index (χ1n) is 9.42. The van der Waals surface area contributed by atoms with Crippen molar-refractivity contribution >= 4 is 21.7 Å². The lowest BCUT2D eigenvalue weighted by atomic mass is 9.93. The first kappa shape index (κ1) is 16.8. The summed E-state index contributed by atoms with van der Waals surface area (Å²) < 4.78 is 14.7. The van der Waals surface area contributed by atoms with E-state index in [-0.39, 0.29) is 0 Å². The van der Waals surface area contributed by atoms with Gasteiger partial charge in [-0.3, -0.25) is 0 Å². The van der Waals surface area contributed by atoms with Gasteiger partial charge in [0, 0.05) is 19.2 Å². The molecule has 138 valence electrons. The minimum Gasteiger partial charge on any atom is -0.456 e. The second kappa shape index (κ2) is 5.59. The minimum atomic E-state index is -0.494. The molecule has 1 aliphatic rings. The lowest BCUT2D eigenvalue weighted by Gasteiger charge is -2.20. The first-order valence-corrected chi connectivity index (χ1v) is 9.42. The van der Waals surface area contributed by atoms with Gasteiger partial charge in [0.15, 0.2) is 11.8 Å². The maximum absolute atomic E-state index is 7.40. The lowest BCUT2D eigenvalue weighted by Crippen LogP contribution is -2.32. The van der Waals surface area contributed by atoms with E-state index in [1.807, 2.05) is 39.1 Å². The third kappa shape index (κ3) is 2.33. The van der Waals surface area contributed by atoms with Crippen molar-refractivity contribution in [2.75, 3.05) is 0 Å². The van der Waals surface area contributed by atoms with Crippen LogP contribution >= 0.6 is 0 Å². The summed E-state index contributed by atoms with van der Waals surface area (Å²) in [6, 6.07) is 12.5. The van der Waals surface area contributed by atoms with E-state index >= 15 is 0 Å². The zero-order valence-corrected chi connectivity index (χ0v) is 16.5. The second-order valence-corrected chi connectivity index (χ2v) is 8.23. The van der Waals surface area contributed by atoms with Crippen molar-refractivity contribution < 1.29 is 13.7 Å². The van der Waals surface area contributed by atoms with Crippen molar-refractivity contribution in [3.63, 3.8) is 0 Å². The largest absolute Gasteiger partial charge is 0.456 e. The van der Waals surface area contributed by atoms with Crippen LogP contribution in [0.25, 0.3) is 37.8 Å². The smallest absolute Gasteiger partial charge is 0.260 e. The molecule has 0 fully saturated rings. The molecule has 1 aliphatic heterocycles. The molecular formula is C24H21N2O2+. The van der Waals surface area contributed by atoms with Crippen LogP contribution in [0.4, 0.5) is 0 Å². The van der Waals surface area contributed by atoms with Gasteiger partial charge in [0.25, 0.3) is 5.69 Å². The van der Waals surface area contributed by atoms with E-state index in [9.17, 15) is 0 Å². The van der Waals surface area contributed by atoms with Gasteiger partial charge in [-0.15, -0.1) is 0 Å². The standard InChI is InChI=1S/C24H21N2O2/c1-14-9-10-15-7-6-8-18-20(15)19(14)21-23(28-18)22-16(13-26(21)5)11-17(27-22)12-24(2,3)25-4/h6-11,13H,12H2,1-3,5H3/q+1. The van der Waals surface area contributed by atoms with Crippen molar-refractivity contribution in [2.24, 2.45) is 7.05 Å². The Morgan fingerprint density at radius 2 is 1.96 bits per heavy atom. The molecule has 0 spiro atoms. The van der Waals surface area contributed by atoms with Gasteiger partial charge in [-0.1, -0.05) is 24.3 Å². The normalized spacial score (nSPS) is 12.7. The maximum atomic E-state index is 7.40. The van der Waals surface area contributed by atoms with Gasteiger partial charge in [-0.2, -0.15) is 4.57 Å². The van der Waals surface area contributed by atoms with Crippen LogP contribution in [0.1, 0.15) is 25.2 Å². The molecule has 0 saturated carbocycles. The van der Waals surface area contributed by atoms with Gasteiger partial charge in [0.05, 0.1) is 17.4 Å². The summed E-state index contributed by atoms with van der Waals surface area (Å²) in [5, 5.41) is 3.30. The average Bonchev–Trinajstić information content (AvgIpc) is 3.05. The van der Waals surface area contributed by atoms with Gasteiger partial charge < -0.3 is 14.0 Å². The van der Waals surface area contributed by atoms with Crippen LogP contribution in [0.15, 0.2) is 47.0 Å². The SMILES string of the molecule is [C-]#[N+]C(C)(C)Cc1cc2c[n+](C)c3c(c2o1)Oc1cccc2ccc(C)c-3c12. The number of benzene rings is 2. The molecule has 28 heavy (non-hydrogen) atoms. The van der Waals surface area contributed by atoms with Crippen LogP contribution in [0, 0.1) is 13.5 Å². The highest BCUT2D eigenvalue weighted by Gasteiger charge is 2.34. The van der Waals surface area contributed by atoms with Crippen molar-refractivity contribution in [1.29, 1.82) is 0 Å². The predicted octanol–water partition coefficient (Wildman–Crippen LogP) is 5.73. The molecule has 0 radical (unpaired) electrons. The number of pyridine rings is 1. The number of nitrogens with zero attached hydrogens (tertiary/aromatic N) is 2. The Morgan fingerprint density at radius 1 is 1.14 bits per heavy atom. The topological polar surface area (TPSA) is 30.6 Å². The van der Waals surface area contributed by atoms with E-state index in [2.05, 4.69) is 40.7 Å². The Labute approximate surface area is 163 Å². The Bertz CT molecular complexity index is 1320. The summed E-state index contributed by atoms with van der Waals surface area (Å²) in [5.74, 6) is 2.42. The number of aryl methyl sites for hydroxylation is 2. The zero-order chi connectivity index (χ0) is 19.6. The Kier molecular flexibility index (Phi) is 3.36. The summed E-state index contributed by atoms with van der Waals surface area (Å²) in [4.78, 5) is 3.71. The van der Waals surface area contributed by atoms with Crippen molar-refractivity contribution in [3.8, 4) is 22.8 Å². The molecule has 2 aromatic carbocycles. The third-order valence-electron chi connectivity index (χ3n) is 5.49. The van der Waals surface area contributed by atoms with Crippen LogP contribution in [-0.4, -0.2) is 5.54 Å². The number of hydrogen-bond donors (Lipinski definition) is 0. The summed E-state index contributed by atoms with van der Waals surface area (Å²) in [6.07, 6.45) is 2.65. The summed E-state index contributed by atoms with van der Waals surface area (Å²) in [7, 11) is 2.05. The Morgan fingerprint density at radius 3 is 2.75 bits per heavy atom. The lowest BCUT2D eigenvalue weighted by molar-refractivity contribution is -0.659. The molecule has 0 unspecified atom stereocenters. The molecule has 0 saturated heterocycles. The zero-order valence-electron chi connectivity index (χ0n) is 16.5. The highest BCUT2D eigenvalue weighted by Crippen LogP contribution is 2.49. The molecule has 4 aromatic rings. The minimum absolute atomic E-state index is 0.494. The molecule has 4 nitrogen and oxygen atoms in total. The second-order valence-electron chi connectivity index (χ2n) is 8.23. The fourth-order valence-corrected chi connectivity index (χ4v) is 4.16. The molecular weight excluding hydrogens is 348 g/mol. The van der Waals surface area contributed by atoms with E-state index in [4.69, 9.17) is 15.7 Å². The molecule has 2 aromatic heterocycles. The molecule has 0 N–H and O–H groups in total. The highest BCUT2D eigenvalue weighted by atomic mass is 16.5. The number of furan rings is 1. The van der Waals surface area contributed by atoms with Crippen LogP contribution in [-0.2, 0) is 13.5 Å². The van der Waals surface area contributed by atoms with Gasteiger partial charge in [-0.25, -0.2) is 6.57 Å². The van der Waals surface area contributed by atoms with E-state index in [1.54, 1.807) is 0 Å². The first-order chi connectivity index (χ1) is 13.4.